The smallest absolute Gasteiger partial charge is 0.0530 e. The molecule has 0 aliphatic rings. The summed E-state index contributed by atoms with van der Waals surface area (Å²) in [6.45, 7) is 0. The molecule has 1 aromatic heterocycles. The first kappa shape index (κ1) is 11.5. The van der Waals surface area contributed by atoms with Gasteiger partial charge in [0.25, 0.3) is 0 Å². The van der Waals surface area contributed by atoms with Crippen LogP contribution in [0.15, 0.2) is 48.8 Å². The molecule has 3 heteroatoms. The molecule has 1 N–H and O–H groups in total. The van der Waals surface area contributed by atoms with Crippen molar-refractivity contribution in [2.45, 2.75) is 0 Å². The molecule has 2 rings (SSSR count). The number of nitrogens with one attached hydrogen (secondary N) is 1. The molecule has 1 aromatic carbocycles. The molecule has 0 aliphatic heterocycles. The zero-order chi connectivity index (χ0) is 9.80. The van der Waals surface area contributed by atoms with Gasteiger partial charge in [-0.15, -0.1) is 12.4 Å². The standard InChI is InChI=1S/C12H12N2.ClH/c1-13-12-7-11(8-14-9-12)10-5-3-2-4-6-10;/h2-9,13H,1H3;1H. The Labute approximate surface area is 95.8 Å². The molecule has 15 heavy (non-hydrogen) atoms. The van der Waals surface area contributed by atoms with Crippen molar-refractivity contribution in [3.05, 3.63) is 48.8 Å². The second kappa shape index (κ2) is 5.37. The third-order valence-corrected chi connectivity index (χ3v) is 2.13. The number of hydrogen-bond acceptors (Lipinski definition) is 2. The summed E-state index contributed by atoms with van der Waals surface area (Å²) in [6.07, 6.45) is 3.68. The highest BCUT2D eigenvalue weighted by Gasteiger charge is 1.97. The van der Waals surface area contributed by atoms with E-state index in [4.69, 9.17) is 0 Å². The molecule has 0 aliphatic carbocycles. The van der Waals surface area contributed by atoms with Crippen LogP contribution < -0.4 is 5.32 Å². The summed E-state index contributed by atoms with van der Waals surface area (Å²) in [6, 6.07) is 12.3. The molecule has 0 amide bonds. The lowest BCUT2D eigenvalue weighted by atomic mass is 10.1. The predicted molar refractivity (Wildman–Crippen MR) is 66.5 cm³/mol. The van der Waals surface area contributed by atoms with Crippen molar-refractivity contribution >= 4 is 18.1 Å². The largest absolute Gasteiger partial charge is 0.387 e. The van der Waals surface area contributed by atoms with Crippen LogP contribution in [0.25, 0.3) is 11.1 Å². The van der Waals surface area contributed by atoms with Crippen LogP contribution in [0.5, 0.6) is 0 Å². The number of rotatable bonds is 2. The van der Waals surface area contributed by atoms with E-state index in [0.29, 0.717) is 0 Å². The molecule has 0 fully saturated rings. The molecule has 2 aromatic rings. The second-order valence-electron chi connectivity index (χ2n) is 3.08. The van der Waals surface area contributed by atoms with E-state index >= 15 is 0 Å². The van der Waals surface area contributed by atoms with E-state index in [1.54, 1.807) is 0 Å². The summed E-state index contributed by atoms with van der Waals surface area (Å²) in [4.78, 5) is 4.17. The summed E-state index contributed by atoms with van der Waals surface area (Å²) in [5.74, 6) is 0. The van der Waals surface area contributed by atoms with Crippen molar-refractivity contribution in [1.29, 1.82) is 0 Å². The summed E-state index contributed by atoms with van der Waals surface area (Å²) in [5.41, 5.74) is 3.36. The van der Waals surface area contributed by atoms with Crippen molar-refractivity contribution in [2.24, 2.45) is 0 Å². The average molecular weight is 221 g/mol. The minimum atomic E-state index is 0. The van der Waals surface area contributed by atoms with Crippen LogP contribution in [0.2, 0.25) is 0 Å². The van der Waals surface area contributed by atoms with E-state index in [1.807, 2.05) is 37.6 Å². The fourth-order valence-corrected chi connectivity index (χ4v) is 1.37. The van der Waals surface area contributed by atoms with Gasteiger partial charge in [0.05, 0.1) is 5.69 Å². The molecule has 2 nitrogen and oxygen atoms in total. The van der Waals surface area contributed by atoms with E-state index in [2.05, 4.69) is 28.5 Å². The Morgan fingerprint density at radius 3 is 2.40 bits per heavy atom. The molecule has 78 valence electrons. The van der Waals surface area contributed by atoms with Crippen molar-refractivity contribution < 1.29 is 0 Å². The van der Waals surface area contributed by atoms with E-state index in [-0.39, 0.29) is 12.4 Å². The first-order valence-electron chi connectivity index (χ1n) is 4.58. The molecule has 0 saturated heterocycles. The number of aromatic nitrogens is 1. The van der Waals surface area contributed by atoms with Crippen LogP contribution in [0.3, 0.4) is 0 Å². The van der Waals surface area contributed by atoms with Crippen LogP contribution in [-0.2, 0) is 0 Å². The van der Waals surface area contributed by atoms with E-state index in [9.17, 15) is 0 Å². The minimum absolute atomic E-state index is 0. The molecular formula is C12H13ClN2. The fourth-order valence-electron chi connectivity index (χ4n) is 1.37. The molecule has 0 unspecified atom stereocenters. The quantitative estimate of drug-likeness (QED) is 0.841. The van der Waals surface area contributed by atoms with E-state index in [1.165, 1.54) is 5.56 Å². The molecule has 0 atom stereocenters. The lowest BCUT2D eigenvalue weighted by molar-refractivity contribution is 1.31. The first-order chi connectivity index (χ1) is 6.90. The lowest BCUT2D eigenvalue weighted by Gasteiger charge is -2.03. The number of anilines is 1. The van der Waals surface area contributed by atoms with Crippen LogP contribution in [0.4, 0.5) is 5.69 Å². The average Bonchev–Trinajstić information content (AvgIpc) is 2.30. The predicted octanol–water partition coefficient (Wildman–Crippen LogP) is 3.21. The maximum atomic E-state index is 4.17. The van der Waals surface area contributed by atoms with Gasteiger partial charge >= 0.3 is 0 Å². The third kappa shape index (κ3) is 2.70. The zero-order valence-electron chi connectivity index (χ0n) is 8.47. The maximum absolute atomic E-state index is 4.17. The summed E-state index contributed by atoms with van der Waals surface area (Å²) < 4.78 is 0. The Hall–Kier alpha value is -1.54. The van der Waals surface area contributed by atoms with Crippen LogP contribution >= 0.6 is 12.4 Å². The van der Waals surface area contributed by atoms with Gasteiger partial charge in [-0.2, -0.15) is 0 Å². The minimum Gasteiger partial charge on any atom is -0.387 e. The number of pyridine rings is 1. The molecule has 0 radical (unpaired) electrons. The summed E-state index contributed by atoms with van der Waals surface area (Å²) in [7, 11) is 1.89. The van der Waals surface area contributed by atoms with E-state index < -0.39 is 0 Å². The Morgan fingerprint density at radius 1 is 1.00 bits per heavy atom. The van der Waals surface area contributed by atoms with Gasteiger partial charge in [-0.3, -0.25) is 4.98 Å². The van der Waals surface area contributed by atoms with Crippen molar-refractivity contribution in [1.82, 2.24) is 4.98 Å². The molecule has 0 bridgehead atoms. The number of benzene rings is 1. The molecular weight excluding hydrogens is 208 g/mol. The van der Waals surface area contributed by atoms with Crippen molar-refractivity contribution in [2.75, 3.05) is 12.4 Å². The van der Waals surface area contributed by atoms with Gasteiger partial charge in [0.15, 0.2) is 0 Å². The van der Waals surface area contributed by atoms with Gasteiger partial charge in [0.1, 0.15) is 0 Å². The SMILES string of the molecule is CNc1cncc(-c2ccccc2)c1.Cl. The second-order valence-corrected chi connectivity index (χ2v) is 3.08. The summed E-state index contributed by atoms with van der Waals surface area (Å²) >= 11 is 0. The number of nitrogens with zero attached hydrogens (tertiary/aromatic N) is 1. The van der Waals surface area contributed by atoms with Crippen LogP contribution in [0, 0.1) is 0 Å². The monoisotopic (exact) mass is 220 g/mol. The van der Waals surface area contributed by atoms with Gasteiger partial charge in [-0.1, -0.05) is 30.3 Å². The third-order valence-electron chi connectivity index (χ3n) is 2.13. The highest BCUT2D eigenvalue weighted by molar-refractivity contribution is 5.85. The Morgan fingerprint density at radius 2 is 1.73 bits per heavy atom. The van der Waals surface area contributed by atoms with Gasteiger partial charge in [0, 0.05) is 25.0 Å². The molecule has 0 saturated carbocycles. The van der Waals surface area contributed by atoms with Gasteiger partial charge in [-0.25, -0.2) is 0 Å². The van der Waals surface area contributed by atoms with Crippen molar-refractivity contribution in [3.63, 3.8) is 0 Å². The van der Waals surface area contributed by atoms with Gasteiger partial charge < -0.3 is 5.32 Å². The Kier molecular flexibility index (Phi) is 4.13. The summed E-state index contributed by atoms with van der Waals surface area (Å²) in [5, 5.41) is 3.07. The Bertz CT molecular complexity index is 415. The van der Waals surface area contributed by atoms with Crippen LogP contribution in [0.1, 0.15) is 0 Å². The topological polar surface area (TPSA) is 24.9 Å². The van der Waals surface area contributed by atoms with Gasteiger partial charge in [0.2, 0.25) is 0 Å². The fraction of sp³-hybridized carbons (Fsp3) is 0.0833. The van der Waals surface area contributed by atoms with Gasteiger partial charge in [-0.05, 0) is 11.6 Å². The normalized spacial score (nSPS) is 9.13. The number of halogens is 1. The lowest BCUT2D eigenvalue weighted by Crippen LogP contribution is -1.89. The van der Waals surface area contributed by atoms with E-state index in [0.717, 1.165) is 11.3 Å². The van der Waals surface area contributed by atoms with Crippen LogP contribution in [-0.4, -0.2) is 12.0 Å². The maximum Gasteiger partial charge on any atom is 0.0530 e. The van der Waals surface area contributed by atoms with Crippen molar-refractivity contribution in [3.8, 4) is 11.1 Å². The molecule has 1 heterocycles. The zero-order valence-corrected chi connectivity index (χ0v) is 9.29. The number of hydrogen-bond donors (Lipinski definition) is 1. The Balaban J connectivity index is 0.00000112. The highest BCUT2D eigenvalue weighted by atomic mass is 35.5. The molecule has 0 spiro atoms. The first-order valence-corrected chi connectivity index (χ1v) is 4.58. The highest BCUT2D eigenvalue weighted by Crippen LogP contribution is 2.20.